The summed E-state index contributed by atoms with van der Waals surface area (Å²) < 4.78 is 74.0. The summed E-state index contributed by atoms with van der Waals surface area (Å²) in [6, 6.07) is 91.2. The van der Waals surface area contributed by atoms with Gasteiger partial charge in [0, 0.05) is 64.0 Å². The van der Waals surface area contributed by atoms with Crippen LogP contribution < -0.4 is 24.4 Å². The molecule has 2 N–H and O–H groups in total. The van der Waals surface area contributed by atoms with Crippen LogP contribution in [-0.4, -0.2) is 76.6 Å². The van der Waals surface area contributed by atoms with Gasteiger partial charge < -0.3 is 43.6 Å². The Labute approximate surface area is 651 Å². The predicted molar refractivity (Wildman–Crippen MR) is 416 cm³/mol. The van der Waals surface area contributed by atoms with Crippen LogP contribution in [0, 0.1) is 52.0 Å². The molecule has 2 radical (unpaired) electrons. The third-order valence-corrected chi connectivity index (χ3v) is 21.7. The van der Waals surface area contributed by atoms with Crippen molar-refractivity contribution < 1.29 is 85.5 Å². The predicted octanol–water partition coefficient (Wildman–Crippen LogP) is 19.8. The van der Waals surface area contributed by atoms with E-state index in [9.17, 15) is 21.6 Å². The fourth-order valence-electron chi connectivity index (χ4n) is 12.4. The van der Waals surface area contributed by atoms with Gasteiger partial charge in [-0.3, -0.25) is 0 Å². The van der Waals surface area contributed by atoms with Gasteiger partial charge >= 0.3 is 22.7 Å². The van der Waals surface area contributed by atoms with Gasteiger partial charge in [0.25, 0.3) is 0 Å². The average molecular weight is 1810 g/mol. The van der Waals surface area contributed by atoms with Gasteiger partial charge in [0.05, 0.1) is 25.5 Å². The molecule has 8 aromatic carbocycles. The summed E-state index contributed by atoms with van der Waals surface area (Å²) in [5, 5.41) is 18.7. The van der Waals surface area contributed by atoms with E-state index < -0.39 is 28.5 Å². The van der Waals surface area contributed by atoms with Crippen LogP contribution in [0.25, 0.3) is 67.3 Å². The van der Waals surface area contributed by atoms with Gasteiger partial charge in [-0.05, 0) is 146 Å². The van der Waals surface area contributed by atoms with Gasteiger partial charge in [-0.1, -0.05) is 197 Å². The number of aryl methyl sites for hydroxylation is 4. The zero-order chi connectivity index (χ0) is 73.7. The number of alkyl halides is 3. The van der Waals surface area contributed by atoms with Crippen molar-refractivity contribution >= 4 is 35.9 Å². The first-order chi connectivity index (χ1) is 50.4. The van der Waals surface area contributed by atoms with Crippen LogP contribution in [-0.2, 0) is 50.3 Å². The van der Waals surface area contributed by atoms with E-state index in [0.29, 0.717) is 16.7 Å². The van der Waals surface area contributed by atoms with Crippen molar-refractivity contribution in [3.63, 3.8) is 0 Å². The summed E-state index contributed by atoms with van der Waals surface area (Å²) in [7, 11) is -3.67. The van der Waals surface area contributed by atoms with E-state index in [1.165, 1.54) is 104 Å². The van der Waals surface area contributed by atoms with Crippen LogP contribution >= 0.6 is 7.92 Å². The van der Waals surface area contributed by atoms with Crippen molar-refractivity contribution in [3.05, 3.63) is 308 Å². The number of aromatic nitrogens is 4. The number of ether oxygens (including phenoxy) is 2. The third kappa shape index (κ3) is 25.5. The Kier molecular flexibility index (Phi) is 34.4. The summed E-state index contributed by atoms with van der Waals surface area (Å²) >= 11 is 0. The van der Waals surface area contributed by atoms with Crippen LogP contribution in [0.3, 0.4) is 0 Å². The maximum Gasteiger partial charge on any atom is 0.534 e. The molecule has 0 spiro atoms. The maximum absolute atomic E-state index is 12.2. The number of pyridine rings is 4. The molecule has 0 unspecified atom stereocenters. The second kappa shape index (κ2) is 43.1. The first-order valence-corrected chi connectivity index (χ1v) is 37.5. The minimum Gasteiger partial charge on any atom is -0.496 e. The zero-order valence-electron chi connectivity index (χ0n) is 60.0. The topological polar surface area (TPSA) is 154 Å². The fraction of sp³-hybridized carbons (Fsp3) is 0.218. The van der Waals surface area contributed by atoms with Crippen LogP contribution in [0.4, 0.5) is 13.2 Å². The maximum atomic E-state index is 12.2. The van der Waals surface area contributed by atoms with Gasteiger partial charge in [0.1, 0.15) is 11.5 Å². The molecule has 0 bridgehead atoms. The summed E-state index contributed by atoms with van der Waals surface area (Å²) in [6.07, 6.45) is 17.5. The Balaban J connectivity index is 0.000000183. The molecular formula is C87H85BF3Ir2N4O7PS-4. The second-order valence-electron chi connectivity index (χ2n) is 24.9. The molecule has 11 nitrogen and oxygen atoms in total. The molecule has 106 heavy (non-hydrogen) atoms. The number of halogens is 3. The quantitative estimate of drug-likeness (QED) is 0.0352. The van der Waals surface area contributed by atoms with Gasteiger partial charge in [0.2, 0.25) is 0 Å². The van der Waals surface area contributed by atoms with Crippen molar-refractivity contribution in [3.8, 4) is 84.5 Å². The SMILES string of the molecule is COc1cccc(OC)c1-c1ccccc1P(C1CCCCC1)C1CCCCC1.Cc1cc(C)nc(-c2[c-]cccc2)c1.Cc1cc(C)nc(-c2[c-]cccc2)c1.O=S(=O)(Oc1cc[c-]c(-c2ccccn2)c1)C(F)(F)F.OB(O)c1ccccc1.[Ir].[Ir].[c-]1ccc(-c2ccccc2)cc1-c1ccccn1. The minimum atomic E-state index is -5.68. The minimum absolute atomic E-state index is 0. The van der Waals surface area contributed by atoms with Gasteiger partial charge in [-0.15, -0.1) is 125 Å². The van der Waals surface area contributed by atoms with E-state index in [-0.39, 0.29) is 48.1 Å². The molecule has 0 amide bonds. The molecule has 4 aromatic heterocycles. The van der Waals surface area contributed by atoms with E-state index in [0.717, 1.165) is 85.7 Å². The van der Waals surface area contributed by atoms with Crippen molar-refractivity contribution in [1.29, 1.82) is 0 Å². The number of hydrogen-bond donors (Lipinski definition) is 2. The summed E-state index contributed by atoms with van der Waals surface area (Å²) in [4.78, 5) is 17.3. The summed E-state index contributed by atoms with van der Waals surface area (Å²) in [5.41, 5.74) is 13.1. The largest absolute Gasteiger partial charge is 0.534 e. The molecule has 19 heteroatoms. The number of hydrogen-bond acceptors (Lipinski definition) is 11. The van der Waals surface area contributed by atoms with Gasteiger partial charge in [-0.25, -0.2) is 0 Å². The van der Waals surface area contributed by atoms with Gasteiger partial charge in [0.15, 0.2) is 0 Å². The van der Waals surface area contributed by atoms with Crippen molar-refractivity contribution in [2.75, 3.05) is 14.2 Å². The number of rotatable bonds is 14. The molecule has 2 saturated carbocycles. The summed E-state index contributed by atoms with van der Waals surface area (Å²) in [5.74, 6) is 1.37. The first-order valence-electron chi connectivity index (χ1n) is 34.6. The smallest absolute Gasteiger partial charge is 0.496 e. The third-order valence-electron chi connectivity index (χ3n) is 17.1. The monoisotopic (exact) mass is 1810 g/mol. The van der Waals surface area contributed by atoms with E-state index in [2.05, 4.69) is 147 Å². The van der Waals surface area contributed by atoms with Gasteiger partial charge in [-0.2, -0.15) is 21.6 Å². The van der Waals surface area contributed by atoms with Crippen LogP contribution in [0.15, 0.2) is 261 Å². The van der Waals surface area contributed by atoms with Crippen LogP contribution in [0.1, 0.15) is 86.7 Å². The van der Waals surface area contributed by atoms with E-state index in [1.807, 2.05) is 117 Å². The molecule has 0 atom stereocenters. The second-order valence-corrected chi connectivity index (χ2v) is 29.2. The average Bonchev–Trinajstić information content (AvgIpc) is 0.774. The number of methoxy groups -OCH3 is 2. The molecule has 0 aliphatic heterocycles. The molecule has 4 heterocycles. The van der Waals surface area contributed by atoms with E-state index in [4.69, 9.17) is 19.5 Å². The van der Waals surface area contributed by atoms with E-state index in [1.54, 1.807) is 68.2 Å². The molecular weight excluding hydrogens is 1730 g/mol. The molecule has 552 valence electrons. The van der Waals surface area contributed by atoms with Crippen LogP contribution in [0.2, 0.25) is 0 Å². The Hall–Kier alpha value is -8.79. The Morgan fingerprint density at radius 2 is 0.915 bits per heavy atom. The first kappa shape index (κ1) is 84.5. The molecule has 2 aliphatic rings. The Morgan fingerprint density at radius 3 is 1.36 bits per heavy atom. The molecule has 0 saturated heterocycles. The normalized spacial score (nSPS) is 12.6. The molecule has 14 rings (SSSR count). The fourth-order valence-corrected chi connectivity index (χ4v) is 16.8. The molecule has 2 aliphatic carbocycles. The van der Waals surface area contributed by atoms with E-state index >= 15 is 0 Å². The van der Waals surface area contributed by atoms with Crippen molar-refractivity contribution in [2.24, 2.45) is 0 Å². The molecule has 12 aromatic rings. The number of nitrogens with zero attached hydrogens (tertiary/aromatic N) is 4. The standard InChI is InChI=1S/C26H35O2P.C17H12N.2C13H12N.C12H7F3NO3S.C6H7BO2.2Ir/c1-27-23-17-11-18-24(28-2)26(23)22-16-9-10-19-25(22)29(20-12-5-3-6-13-20)21-14-7-4-8-15-21;1-2-7-14(8-3-1)15-9-6-10-16(13-15)17-11-4-5-12-18-17;2*1-10-8-11(2)14-13(9-10)12-6-4-3-5-7-12;13-12(14,15)20(17,18)19-10-5-3-4-9(8-10)11-6-1-2-7-16-11;8-7(9)6-4-2-1-3-5-6;;/h9-11,16-21H,3-8,12-15H2,1-2H3;1-9,11-13H;2*3-6,8-9H,1-2H3;1-3,5-8H;1-5,8-9H;;/q;4*-1;;;. The van der Waals surface area contributed by atoms with Crippen molar-refractivity contribution in [2.45, 2.75) is 109 Å². The Morgan fingerprint density at radius 1 is 0.462 bits per heavy atom. The Bertz CT molecular complexity index is 4470. The van der Waals surface area contributed by atoms with Crippen LogP contribution in [0.5, 0.6) is 17.2 Å². The van der Waals surface area contributed by atoms with Crippen molar-refractivity contribution in [1.82, 2.24) is 19.9 Å². The molecule has 2 fully saturated rings. The summed E-state index contributed by atoms with van der Waals surface area (Å²) in [6.45, 7) is 8.20. The zero-order valence-corrected chi connectivity index (χ0v) is 66.5. The number of benzene rings is 8.